The summed E-state index contributed by atoms with van der Waals surface area (Å²) in [7, 11) is 0. The maximum absolute atomic E-state index is 14.8. The van der Waals surface area contributed by atoms with Crippen LogP contribution in [-0.4, -0.2) is 50.2 Å². The van der Waals surface area contributed by atoms with Gasteiger partial charge in [0, 0.05) is 13.1 Å². The third kappa shape index (κ3) is 2.44. The Hall–Kier alpha value is -0.880. The molecule has 2 saturated heterocycles. The Bertz CT molecular complexity index is 339. The second kappa shape index (κ2) is 4.35. The molecule has 2 aliphatic heterocycles. The summed E-state index contributed by atoms with van der Waals surface area (Å²) in [6.45, 7) is 6.94. The number of carbonyl (C=O) groups excluding carboxylic acids is 1. The molecular weight excluding hydrogens is 239 g/mol. The first-order chi connectivity index (χ1) is 8.27. The Morgan fingerprint density at radius 2 is 2.11 bits per heavy atom. The molecule has 0 aliphatic carbocycles. The van der Waals surface area contributed by atoms with Crippen molar-refractivity contribution in [2.24, 2.45) is 5.41 Å². The van der Waals surface area contributed by atoms with Crippen LogP contribution >= 0.6 is 0 Å². The Kier molecular flexibility index (Phi) is 3.27. The van der Waals surface area contributed by atoms with Gasteiger partial charge in [0.15, 0.2) is 5.67 Å². The SMILES string of the molecule is CC(C)(C)OC(=O)NCC1(F)CNCC12COC2. The summed E-state index contributed by atoms with van der Waals surface area (Å²) < 4.78 is 25.0. The van der Waals surface area contributed by atoms with Gasteiger partial charge in [0.25, 0.3) is 0 Å². The van der Waals surface area contributed by atoms with Crippen LogP contribution in [0.2, 0.25) is 0 Å². The molecule has 0 radical (unpaired) electrons. The van der Waals surface area contributed by atoms with Crippen LogP contribution in [0.3, 0.4) is 0 Å². The third-order valence-electron chi connectivity index (χ3n) is 3.49. The van der Waals surface area contributed by atoms with Crippen molar-refractivity contribution < 1.29 is 18.7 Å². The van der Waals surface area contributed by atoms with Gasteiger partial charge in [-0.15, -0.1) is 0 Å². The lowest BCUT2D eigenvalue weighted by Crippen LogP contribution is -2.61. The van der Waals surface area contributed by atoms with Crippen molar-refractivity contribution in [1.82, 2.24) is 10.6 Å². The molecule has 18 heavy (non-hydrogen) atoms. The average molecular weight is 260 g/mol. The first-order valence-electron chi connectivity index (χ1n) is 6.21. The highest BCUT2D eigenvalue weighted by Crippen LogP contribution is 2.44. The summed E-state index contributed by atoms with van der Waals surface area (Å²) in [5, 5.41) is 5.54. The second-order valence-corrected chi connectivity index (χ2v) is 6.20. The van der Waals surface area contributed by atoms with E-state index in [9.17, 15) is 9.18 Å². The third-order valence-corrected chi connectivity index (χ3v) is 3.49. The number of hydrogen-bond donors (Lipinski definition) is 2. The average Bonchev–Trinajstić information content (AvgIpc) is 2.50. The van der Waals surface area contributed by atoms with Crippen LogP contribution in [-0.2, 0) is 9.47 Å². The number of alkyl halides is 1. The maximum atomic E-state index is 14.8. The number of carbonyl (C=O) groups is 1. The molecule has 0 aromatic heterocycles. The fraction of sp³-hybridized carbons (Fsp3) is 0.917. The van der Waals surface area contributed by atoms with Crippen LogP contribution in [0.15, 0.2) is 0 Å². The van der Waals surface area contributed by atoms with Gasteiger partial charge in [-0.05, 0) is 20.8 Å². The van der Waals surface area contributed by atoms with Gasteiger partial charge in [-0.25, -0.2) is 9.18 Å². The van der Waals surface area contributed by atoms with Gasteiger partial charge in [0.1, 0.15) is 5.60 Å². The summed E-state index contributed by atoms with van der Waals surface area (Å²) in [6.07, 6.45) is -0.582. The van der Waals surface area contributed by atoms with Gasteiger partial charge in [-0.2, -0.15) is 0 Å². The molecule has 0 bridgehead atoms. The Morgan fingerprint density at radius 1 is 1.44 bits per heavy atom. The molecule has 5 nitrogen and oxygen atoms in total. The van der Waals surface area contributed by atoms with Crippen LogP contribution in [0.4, 0.5) is 9.18 Å². The zero-order valence-corrected chi connectivity index (χ0v) is 11.1. The van der Waals surface area contributed by atoms with Crippen molar-refractivity contribution in [2.45, 2.75) is 32.0 Å². The van der Waals surface area contributed by atoms with Gasteiger partial charge in [-0.3, -0.25) is 0 Å². The molecule has 1 atom stereocenters. The van der Waals surface area contributed by atoms with E-state index in [-0.39, 0.29) is 13.1 Å². The molecule has 1 unspecified atom stereocenters. The normalized spacial score (nSPS) is 30.0. The van der Waals surface area contributed by atoms with E-state index in [0.717, 1.165) is 0 Å². The molecule has 2 aliphatic rings. The quantitative estimate of drug-likeness (QED) is 0.772. The smallest absolute Gasteiger partial charge is 0.407 e. The lowest BCUT2D eigenvalue weighted by molar-refractivity contribution is -0.165. The summed E-state index contributed by atoms with van der Waals surface area (Å²) in [5.41, 5.74) is -2.51. The van der Waals surface area contributed by atoms with E-state index >= 15 is 0 Å². The standard InChI is InChI=1S/C12H21FN2O3/c1-10(2,3)18-9(16)15-6-12(13)5-14-4-11(12)7-17-8-11/h14H,4-8H2,1-3H3,(H,15,16). The number of ether oxygens (including phenoxy) is 2. The maximum Gasteiger partial charge on any atom is 0.407 e. The molecule has 0 aromatic carbocycles. The molecule has 2 N–H and O–H groups in total. The second-order valence-electron chi connectivity index (χ2n) is 6.20. The molecule has 6 heteroatoms. The largest absolute Gasteiger partial charge is 0.444 e. The van der Waals surface area contributed by atoms with Gasteiger partial charge < -0.3 is 20.1 Å². The highest BCUT2D eigenvalue weighted by molar-refractivity contribution is 5.67. The number of hydrogen-bond acceptors (Lipinski definition) is 4. The van der Waals surface area contributed by atoms with Crippen LogP contribution < -0.4 is 10.6 Å². The number of amides is 1. The van der Waals surface area contributed by atoms with Crippen LogP contribution in [0.5, 0.6) is 0 Å². The molecule has 1 amide bonds. The molecule has 0 aromatic rings. The lowest BCUT2D eigenvalue weighted by Gasteiger charge is -2.45. The zero-order valence-electron chi connectivity index (χ0n) is 11.1. The summed E-state index contributed by atoms with van der Waals surface area (Å²) in [5.74, 6) is 0. The molecule has 2 fully saturated rings. The minimum atomic E-state index is -1.46. The van der Waals surface area contributed by atoms with E-state index in [1.807, 2.05) is 0 Å². The summed E-state index contributed by atoms with van der Waals surface area (Å²) in [6, 6.07) is 0. The summed E-state index contributed by atoms with van der Waals surface area (Å²) >= 11 is 0. The Morgan fingerprint density at radius 3 is 2.61 bits per heavy atom. The monoisotopic (exact) mass is 260 g/mol. The van der Waals surface area contributed by atoms with E-state index in [0.29, 0.717) is 19.8 Å². The first kappa shape index (κ1) is 13.5. The van der Waals surface area contributed by atoms with Crippen molar-refractivity contribution in [2.75, 3.05) is 32.8 Å². The molecule has 2 heterocycles. The number of rotatable bonds is 2. The van der Waals surface area contributed by atoms with Crippen molar-refractivity contribution in [3.63, 3.8) is 0 Å². The lowest BCUT2D eigenvalue weighted by atomic mass is 9.74. The summed E-state index contributed by atoms with van der Waals surface area (Å²) in [4.78, 5) is 11.5. The number of alkyl carbamates (subject to hydrolysis) is 1. The first-order valence-corrected chi connectivity index (χ1v) is 6.21. The van der Waals surface area contributed by atoms with E-state index in [2.05, 4.69) is 10.6 Å². The van der Waals surface area contributed by atoms with E-state index in [4.69, 9.17) is 9.47 Å². The zero-order chi connectivity index (χ0) is 13.4. The topological polar surface area (TPSA) is 59.6 Å². The van der Waals surface area contributed by atoms with Crippen molar-refractivity contribution in [1.29, 1.82) is 0 Å². The molecule has 1 spiro atoms. The van der Waals surface area contributed by atoms with Gasteiger partial charge in [0.05, 0.1) is 25.2 Å². The van der Waals surface area contributed by atoms with E-state index < -0.39 is 22.8 Å². The van der Waals surface area contributed by atoms with E-state index in [1.165, 1.54) is 0 Å². The van der Waals surface area contributed by atoms with Gasteiger partial charge >= 0.3 is 6.09 Å². The minimum Gasteiger partial charge on any atom is -0.444 e. The van der Waals surface area contributed by atoms with Crippen molar-refractivity contribution in [3.8, 4) is 0 Å². The van der Waals surface area contributed by atoms with Crippen LogP contribution in [0.25, 0.3) is 0 Å². The Balaban J connectivity index is 1.88. The fourth-order valence-corrected chi connectivity index (χ4v) is 2.33. The molecule has 2 rings (SSSR count). The van der Waals surface area contributed by atoms with E-state index in [1.54, 1.807) is 20.8 Å². The van der Waals surface area contributed by atoms with Gasteiger partial charge in [-0.1, -0.05) is 0 Å². The highest BCUT2D eigenvalue weighted by atomic mass is 19.1. The minimum absolute atomic E-state index is 0.0434. The van der Waals surface area contributed by atoms with Crippen LogP contribution in [0.1, 0.15) is 20.8 Å². The van der Waals surface area contributed by atoms with Gasteiger partial charge in [0.2, 0.25) is 0 Å². The molecular formula is C12H21FN2O3. The molecule has 104 valence electrons. The number of nitrogens with one attached hydrogen (secondary N) is 2. The molecule has 0 saturated carbocycles. The fourth-order valence-electron chi connectivity index (χ4n) is 2.33. The number of halogens is 1. The Labute approximate surface area is 106 Å². The van der Waals surface area contributed by atoms with Crippen LogP contribution in [0, 0.1) is 5.41 Å². The van der Waals surface area contributed by atoms with Crippen molar-refractivity contribution >= 4 is 6.09 Å². The highest BCUT2D eigenvalue weighted by Gasteiger charge is 2.60. The predicted octanol–water partition coefficient (Wildman–Crippen LogP) is 0.839. The predicted molar refractivity (Wildman–Crippen MR) is 64.2 cm³/mol. The van der Waals surface area contributed by atoms with Crippen molar-refractivity contribution in [3.05, 3.63) is 0 Å².